The van der Waals surface area contributed by atoms with Gasteiger partial charge in [0.1, 0.15) is 0 Å². The fourth-order valence-electron chi connectivity index (χ4n) is 3.88. The van der Waals surface area contributed by atoms with Crippen LogP contribution < -0.4 is 0 Å². The lowest BCUT2D eigenvalue weighted by Crippen LogP contribution is -2.22. The van der Waals surface area contributed by atoms with E-state index in [2.05, 4.69) is 48.5 Å². The van der Waals surface area contributed by atoms with E-state index in [0.29, 0.717) is 5.57 Å². The van der Waals surface area contributed by atoms with Crippen LogP contribution in [0.2, 0.25) is 0 Å². The Kier molecular flexibility index (Phi) is 5.99. The minimum atomic E-state index is -0.281. The molecule has 30 heavy (non-hydrogen) atoms. The molecular weight excluding hydrogens is 368 g/mol. The van der Waals surface area contributed by atoms with Crippen molar-refractivity contribution in [3.05, 3.63) is 88.1 Å². The lowest BCUT2D eigenvalue weighted by molar-refractivity contribution is -0.113. The van der Waals surface area contributed by atoms with Crippen molar-refractivity contribution in [2.75, 3.05) is 0 Å². The van der Waals surface area contributed by atoms with Crippen LogP contribution in [0.5, 0.6) is 0 Å². The second-order valence-electron chi connectivity index (χ2n) is 9.81. The van der Waals surface area contributed by atoms with Crippen molar-refractivity contribution < 1.29 is 9.59 Å². The minimum Gasteiger partial charge on any atom is -0.289 e. The first kappa shape index (κ1) is 22.0. The Morgan fingerprint density at radius 2 is 1.17 bits per heavy atom. The maximum absolute atomic E-state index is 13.4. The average molecular weight is 401 g/mol. The van der Waals surface area contributed by atoms with E-state index in [4.69, 9.17) is 0 Å². The van der Waals surface area contributed by atoms with E-state index >= 15 is 0 Å². The monoisotopic (exact) mass is 400 g/mol. The summed E-state index contributed by atoms with van der Waals surface area (Å²) in [6.45, 7) is 14.4. The Bertz CT molecular complexity index is 1000. The normalized spacial score (nSPS) is 17.9. The van der Waals surface area contributed by atoms with Crippen molar-refractivity contribution in [1.29, 1.82) is 0 Å². The van der Waals surface area contributed by atoms with Gasteiger partial charge in [0.25, 0.3) is 0 Å². The summed E-state index contributed by atoms with van der Waals surface area (Å²) >= 11 is 0. The zero-order valence-corrected chi connectivity index (χ0v) is 19.2. The predicted molar refractivity (Wildman–Crippen MR) is 125 cm³/mol. The molecular formula is C28H32O2. The third-order valence-electron chi connectivity index (χ3n) is 5.71. The molecule has 156 valence electrons. The molecule has 0 fully saturated rings. The first-order valence-corrected chi connectivity index (χ1v) is 10.8. The number of ketones is 2. The summed E-state index contributed by atoms with van der Waals surface area (Å²) < 4.78 is 0. The molecule has 0 saturated carbocycles. The lowest BCUT2D eigenvalue weighted by atomic mass is 9.75. The molecule has 0 bridgehead atoms. The molecule has 2 aliphatic carbocycles. The Labute approximate surface area is 180 Å². The Balaban J connectivity index is 2.30. The van der Waals surface area contributed by atoms with Gasteiger partial charge < -0.3 is 0 Å². The highest BCUT2D eigenvalue weighted by Crippen LogP contribution is 2.38. The van der Waals surface area contributed by atoms with E-state index in [1.165, 1.54) is 0 Å². The number of Topliss-reactive ketones (excluding diaryl/α,β-unsaturated/α-hetero) is 2. The zero-order chi connectivity index (χ0) is 22.2. The van der Waals surface area contributed by atoms with E-state index in [-0.39, 0.29) is 28.8 Å². The van der Waals surface area contributed by atoms with Crippen molar-refractivity contribution in [1.82, 2.24) is 0 Å². The van der Waals surface area contributed by atoms with Gasteiger partial charge in [0.15, 0.2) is 11.6 Å². The van der Waals surface area contributed by atoms with E-state index in [0.717, 1.165) is 33.4 Å². The van der Waals surface area contributed by atoms with Gasteiger partial charge in [-0.25, -0.2) is 0 Å². The van der Waals surface area contributed by atoms with Gasteiger partial charge in [0.2, 0.25) is 0 Å². The molecule has 3 rings (SSSR count). The van der Waals surface area contributed by atoms with Gasteiger partial charge in [-0.15, -0.1) is 0 Å². The smallest absolute Gasteiger partial charge is 0.190 e. The van der Waals surface area contributed by atoms with Gasteiger partial charge in [-0.1, -0.05) is 78.8 Å². The van der Waals surface area contributed by atoms with Crippen LogP contribution in [-0.4, -0.2) is 11.6 Å². The number of carbonyl (C=O) groups is 2. The van der Waals surface area contributed by atoms with E-state index in [9.17, 15) is 9.59 Å². The van der Waals surface area contributed by atoms with Gasteiger partial charge in [0, 0.05) is 22.3 Å². The Morgan fingerprint density at radius 1 is 0.667 bits per heavy atom. The van der Waals surface area contributed by atoms with Crippen LogP contribution in [-0.2, 0) is 9.59 Å². The zero-order valence-electron chi connectivity index (χ0n) is 19.2. The van der Waals surface area contributed by atoms with E-state index in [1.54, 1.807) is 0 Å². The number of hydrogen-bond acceptors (Lipinski definition) is 2. The third kappa shape index (κ3) is 4.23. The third-order valence-corrected chi connectivity index (χ3v) is 5.71. The molecule has 0 amide bonds. The van der Waals surface area contributed by atoms with Crippen LogP contribution in [0.25, 0.3) is 5.57 Å². The van der Waals surface area contributed by atoms with Gasteiger partial charge in [-0.2, -0.15) is 0 Å². The topological polar surface area (TPSA) is 34.1 Å². The minimum absolute atomic E-state index is 0.0751. The summed E-state index contributed by atoms with van der Waals surface area (Å²) in [4.78, 5) is 26.3. The molecule has 0 N–H and O–H groups in total. The molecule has 0 heterocycles. The van der Waals surface area contributed by atoms with E-state index < -0.39 is 0 Å². The molecule has 0 saturated heterocycles. The SMILES string of the molecule is CC(C)C1=CC(=C2C=C(c3ccccc3)C(=O)C(C(C)(C)C)=C2)C=C(C(C)C)C1=O. The van der Waals surface area contributed by atoms with Crippen LogP contribution in [0.15, 0.2) is 82.5 Å². The number of benzene rings is 1. The van der Waals surface area contributed by atoms with Crippen molar-refractivity contribution >= 4 is 17.1 Å². The summed E-state index contributed by atoms with van der Waals surface area (Å²) in [5.41, 5.74) is 5.80. The van der Waals surface area contributed by atoms with Gasteiger partial charge in [0.05, 0.1) is 0 Å². The van der Waals surface area contributed by atoms with Gasteiger partial charge in [-0.05, 0) is 58.3 Å². The highest BCUT2D eigenvalue weighted by atomic mass is 16.1. The van der Waals surface area contributed by atoms with Crippen molar-refractivity contribution in [3.8, 4) is 0 Å². The highest BCUT2D eigenvalue weighted by molar-refractivity contribution is 6.30. The van der Waals surface area contributed by atoms with Crippen molar-refractivity contribution in [2.24, 2.45) is 17.3 Å². The van der Waals surface area contributed by atoms with E-state index in [1.807, 2.05) is 54.6 Å². The van der Waals surface area contributed by atoms with Crippen LogP contribution in [0, 0.1) is 17.3 Å². The quantitative estimate of drug-likeness (QED) is 0.568. The number of allylic oxidation sites excluding steroid dienone is 10. The standard InChI is InChI=1S/C28H32O2/c1-17(2)22-13-20(14-23(18(3)4)26(22)29)21-15-24(19-11-9-8-10-12-19)27(30)25(16-21)28(5,6)7/h8-18H,1-7H3. The molecule has 0 radical (unpaired) electrons. The molecule has 1 aromatic carbocycles. The molecule has 2 aliphatic rings. The maximum atomic E-state index is 13.4. The number of rotatable bonds is 3. The lowest BCUT2D eigenvalue weighted by Gasteiger charge is -2.28. The Morgan fingerprint density at radius 3 is 1.63 bits per heavy atom. The first-order valence-electron chi connectivity index (χ1n) is 10.8. The van der Waals surface area contributed by atoms with Crippen molar-refractivity contribution in [3.63, 3.8) is 0 Å². The fourth-order valence-corrected chi connectivity index (χ4v) is 3.88. The summed E-state index contributed by atoms with van der Waals surface area (Å²) in [5, 5.41) is 0. The maximum Gasteiger partial charge on any atom is 0.190 e. The average Bonchev–Trinajstić information content (AvgIpc) is 2.67. The largest absolute Gasteiger partial charge is 0.289 e. The number of carbonyl (C=O) groups excluding carboxylic acids is 2. The molecule has 2 heteroatoms. The second kappa shape index (κ2) is 8.18. The number of hydrogen-bond donors (Lipinski definition) is 0. The predicted octanol–water partition coefficient (Wildman–Crippen LogP) is 6.67. The summed E-state index contributed by atoms with van der Waals surface area (Å²) in [5.74, 6) is 0.503. The molecule has 0 unspecified atom stereocenters. The molecule has 1 aromatic rings. The summed E-state index contributed by atoms with van der Waals surface area (Å²) in [6.07, 6.45) is 8.03. The van der Waals surface area contributed by atoms with Gasteiger partial charge >= 0.3 is 0 Å². The highest BCUT2D eigenvalue weighted by Gasteiger charge is 2.31. The molecule has 2 nitrogen and oxygen atoms in total. The van der Waals surface area contributed by atoms with Crippen molar-refractivity contribution in [2.45, 2.75) is 48.5 Å². The fraction of sp³-hybridized carbons (Fsp3) is 0.357. The first-order chi connectivity index (χ1) is 14.0. The molecule has 0 atom stereocenters. The van der Waals surface area contributed by atoms with Crippen LogP contribution >= 0.6 is 0 Å². The summed E-state index contributed by atoms with van der Waals surface area (Å²) in [6, 6.07) is 9.83. The van der Waals surface area contributed by atoms with Gasteiger partial charge in [-0.3, -0.25) is 9.59 Å². The summed E-state index contributed by atoms with van der Waals surface area (Å²) in [7, 11) is 0. The van der Waals surface area contributed by atoms with Crippen LogP contribution in [0.4, 0.5) is 0 Å². The molecule has 0 spiro atoms. The van der Waals surface area contributed by atoms with Crippen LogP contribution in [0.3, 0.4) is 0 Å². The molecule has 0 aromatic heterocycles. The molecule has 0 aliphatic heterocycles. The second-order valence-corrected chi connectivity index (χ2v) is 9.81. The Hall–Kier alpha value is -2.74. The van der Waals surface area contributed by atoms with Crippen LogP contribution in [0.1, 0.15) is 54.0 Å².